The van der Waals surface area contributed by atoms with E-state index in [0.29, 0.717) is 0 Å². The number of nitrogens with zero attached hydrogens (tertiary/aromatic N) is 1. The molecule has 1 aliphatic carbocycles. The van der Waals surface area contributed by atoms with Gasteiger partial charge in [-0.3, -0.25) is 0 Å². The predicted molar refractivity (Wildman–Crippen MR) is 212 cm³/mol. The second-order valence-electron chi connectivity index (χ2n) is 13.8. The Balaban J connectivity index is 1.23. The molecule has 10 rings (SSSR count). The zero-order chi connectivity index (χ0) is 32.7. The molecule has 0 amide bonds. The topological polar surface area (TPSA) is 3.24 Å². The van der Waals surface area contributed by atoms with Crippen molar-refractivity contribution in [2.75, 3.05) is 4.90 Å². The smallest absolute Gasteiger partial charge is 0.0543 e. The lowest BCUT2D eigenvalue weighted by Gasteiger charge is -2.29. The maximum absolute atomic E-state index is 2.49. The van der Waals surface area contributed by atoms with E-state index in [1.165, 1.54) is 80.8 Å². The molecule has 0 N–H and O–H groups in total. The Kier molecular flexibility index (Phi) is 6.16. The van der Waals surface area contributed by atoms with Crippen molar-refractivity contribution in [1.82, 2.24) is 0 Å². The van der Waals surface area contributed by atoms with Gasteiger partial charge in [-0.15, -0.1) is 11.3 Å². The third-order valence-corrected chi connectivity index (χ3v) is 11.7. The summed E-state index contributed by atoms with van der Waals surface area (Å²) in [6, 6.07) is 60.7. The van der Waals surface area contributed by atoms with Gasteiger partial charge in [0.2, 0.25) is 0 Å². The van der Waals surface area contributed by atoms with E-state index in [1.54, 1.807) is 0 Å². The highest BCUT2D eigenvalue weighted by molar-refractivity contribution is 7.25. The van der Waals surface area contributed by atoms with E-state index in [2.05, 4.69) is 183 Å². The fourth-order valence-corrected chi connectivity index (χ4v) is 9.37. The quantitative estimate of drug-likeness (QED) is 0.184. The number of benzene rings is 8. The van der Waals surface area contributed by atoms with Crippen LogP contribution in [0.25, 0.3) is 64.0 Å². The van der Waals surface area contributed by atoms with Crippen LogP contribution in [0.15, 0.2) is 164 Å². The maximum Gasteiger partial charge on any atom is 0.0543 e. The molecule has 0 saturated heterocycles. The average Bonchev–Trinajstić information content (AvgIpc) is 3.62. The van der Waals surface area contributed by atoms with Crippen LogP contribution in [0.2, 0.25) is 0 Å². The fraction of sp³-hybridized carbons (Fsp3) is 0.0638. The molecule has 2 heteroatoms. The van der Waals surface area contributed by atoms with Gasteiger partial charge in [-0.1, -0.05) is 129 Å². The third-order valence-electron chi connectivity index (χ3n) is 10.6. The normalized spacial score (nSPS) is 13.3. The van der Waals surface area contributed by atoms with Crippen LogP contribution in [0.5, 0.6) is 0 Å². The van der Waals surface area contributed by atoms with E-state index in [9.17, 15) is 0 Å². The van der Waals surface area contributed by atoms with Crippen molar-refractivity contribution in [2.45, 2.75) is 19.3 Å². The van der Waals surface area contributed by atoms with Gasteiger partial charge < -0.3 is 4.90 Å². The van der Waals surface area contributed by atoms with Crippen molar-refractivity contribution < 1.29 is 0 Å². The Hall–Kier alpha value is -5.70. The van der Waals surface area contributed by atoms with Gasteiger partial charge in [-0.05, 0) is 97.9 Å². The SMILES string of the molecule is CC1(C)c2ccccc2-c2c(N(c3cccc(-c4cccc5ccccc45)c3)c3ccc4cc5sc6ccccc6c5cc4c3)cccc21. The largest absolute Gasteiger partial charge is 0.310 e. The van der Waals surface area contributed by atoms with E-state index in [4.69, 9.17) is 0 Å². The molecule has 1 aromatic heterocycles. The lowest BCUT2D eigenvalue weighted by Crippen LogP contribution is -2.16. The van der Waals surface area contributed by atoms with E-state index in [0.717, 1.165) is 11.4 Å². The summed E-state index contributed by atoms with van der Waals surface area (Å²) in [7, 11) is 0. The maximum atomic E-state index is 2.49. The van der Waals surface area contributed by atoms with Gasteiger partial charge in [-0.25, -0.2) is 0 Å². The van der Waals surface area contributed by atoms with Crippen molar-refractivity contribution in [3.63, 3.8) is 0 Å². The summed E-state index contributed by atoms with van der Waals surface area (Å²) in [5.41, 5.74) is 11.2. The summed E-state index contributed by atoms with van der Waals surface area (Å²) in [4.78, 5) is 2.49. The lowest BCUT2D eigenvalue weighted by molar-refractivity contribution is 0.660. The molecule has 0 spiro atoms. The van der Waals surface area contributed by atoms with Crippen LogP contribution >= 0.6 is 11.3 Å². The van der Waals surface area contributed by atoms with Crippen LogP contribution in [-0.4, -0.2) is 0 Å². The zero-order valence-electron chi connectivity index (χ0n) is 27.4. The molecule has 49 heavy (non-hydrogen) atoms. The number of fused-ring (bicyclic) bond motifs is 8. The number of hydrogen-bond acceptors (Lipinski definition) is 2. The van der Waals surface area contributed by atoms with Crippen LogP contribution in [-0.2, 0) is 5.41 Å². The minimum Gasteiger partial charge on any atom is -0.310 e. The molecule has 8 aromatic carbocycles. The molecule has 0 bridgehead atoms. The van der Waals surface area contributed by atoms with Crippen molar-refractivity contribution in [3.8, 4) is 22.3 Å². The Labute approximate surface area is 290 Å². The van der Waals surface area contributed by atoms with Crippen LogP contribution in [0.3, 0.4) is 0 Å². The van der Waals surface area contributed by atoms with Crippen LogP contribution in [0.4, 0.5) is 17.1 Å². The number of thiophene rings is 1. The molecular formula is C47H33NS. The first-order valence-electron chi connectivity index (χ1n) is 17.0. The Morgan fingerprint density at radius 1 is 0.449 bits per heavy atom. The molecule has 0 aliphatic heterocycles. The number of hydrogen-bond donors (Lipinski definition) is 0. The zero-order valence-corrected chi connectivity index (χ0v) is 28.3. The van der Waals surface area contributed by atoms with Crippen molar-refractivity contribution >= 4 is 70.1 Å². The van der Waals surface area contributed by atoms with Crippen molar-refractivity contribution in [1.29, 1.82) is 0 Å². The van der Waals surface area contributed by atoms with Gasteiger partial charge in [-0.2, -0.15) is 0 Å². The number of anilines is 3. The lowest BCUT2D eigenvalue weighted by atomic mass is 9.82. The Morgan fingerprint density at radius 3 is 2.10 bits per heavy atom. The molecular weight excluding hydrogens is 611 g/mol. The van der Waals surface area contributed by atoms with Gasteiger partial charge in [0.25, 0.3) is 0 Å². The first kappa shape index (κ1) is 28.3. The Bertz CT molecular complexity index is 2760. The second kappa shape index (κ2) is 10.7. The van der Waals surface area contributed by atoms with Crippen LogP contribution < -0.4 is 4.90 Å². The van der Waals surface area contributed by atoms with E-state index in [-0.39, 0.29) is 5.41 Å². The minimum atomic E-state index is -0.0899. The van der Waals surface area contributed by atoms with E-state index < -0.39 is 0 Å². The molecule has 1 nitrogen and oxygen atoms in total. The average molecular weight is 644 g/mol. The highest BCUT2D eigenvalue weighted by atomic mass is 32.1. The summed E-state index contributed by atoms with van der Waals surface area (Å²) in [6.45, 7) is 4.72. The van der Waals surface area contributed by atoms with E-state index >= 15 is 0 Å². The van der Waals surface area contributed by atoms with Gasteiger partial charge in [0.15, 0.2) is 0 Å². The van der Waals surface area contributed by atoms with Crippen LogP contribution in [0.1, 0.15) is 25.0 Å². The summed E-state index contributed by atoms with van der Waals surface area (Å²) in [6.07, 6.45) is 0. The second-order valence-corrected chi connectivity index (χ2v) is 14.8. The first-order chi connectivity index (χ1) is 24.0. The highest BCUT2D eigenvalue weighted by Crippen LogP contribution is 2.54. The summed E-state index contributed by atoms with van der Waals surface area (Å²) in [5, 5.41) is 7.68. The molecule has 0 fully saturated rings. The van der Waals surface area contributed by atoms with Gasteiger partial charge in [0, 0.05) is 42.5 Å². The Morgan fingerprint density at radius 2 is 1.16 bits per heavy atom. The predicted octanol–water partition coefficient (Wildman–Crippen LogP) is 13.8. The molecule has 1 heterocycles. The standard InChI is InChI=1S/C47H33NS/c1-47(2)41-20-7-5-18-39(41)46-42(47)21-11-22-43(46)48(34-15-9-14-32(26-34)37-19-10-13-30-12-3-4-16-36(30)37)35-25-24-31-29-45-40(28-33(31)27-35)38-17-6-8-23-44(38)49-45/h3-29H,1-2H3. The monoisotopic (exact) mass is 643 g/mol. The van der Waals surface area contributed by atoms with Gasteiger partial charge in [0.05, 0.1) is 5.69 Å². The summed E-state index contributed by atoms with van der Waals surface area (Å²) >= 11 is 1.88. The molecule has 9 aromatic rings. The van der Waals surface area contributed by atoms with Crippen molar-refractivity contribution in [2.24, 2.45) is 0 Å². The number of rotatable bonds is 4. The van der Waals surface area contributed by atoms with Gasteiger partial charge >= 0.3 is 0 Å². The fourth-order valence-electron chi connectivity index (χ4n) is 8.23. The van der Waals surface area contributed by atoms with Gasteiger partial charge in [0.1, 0.15) is 0 Å². The summed E-state index contributed by atoms with van der Waals surface area (Å²) in [5.74, 6) is 0. The third kappa shape index (κ3) is 4.31. The molecule has 0 unspecified atom stereocenters. The molecule has 0 radical (unpaired) electrons. The molecule has 0 saturated carbocycles. The van der Waals surface area contributed by atoms with E-state index in [1.807, 2.05) is 11.3 Å². The molecule has 232 valence electrons. The minimum absolute atomic E-state index is 0.0899. The van der Waals surface area contributed by atoms with Crippen molar-refractivity contribution in [3.05, 3.63) is 175 Å². The molecule has 0 atom stereocenters. The first-order valence-corrected chi connectivity index (χ1v) is 17.8. The molecule has 1 aliphatic rings. The van der Waals surface area contributed by atoms with Crippen LogP contribution in [0, 0.1) is 0 Å². The highest BCUT2D eigenvalue weighted by Gasteiger charge is 2.37. The summed E-state index contributed by atoms with van der Waals surface area (Å²) < 4.78 is 2.67.